The molecule has 1 saturated carbocycles. The van der Waals surface area contributed by atoms with Crippen LogP contribution >= 0.6 is 8.86 Å². The summed E-state index contributed by atoms with van der Waals surface area (Å²) in [6.45, 7) is 0. The summed E-state index contributed by atoms with van der Waals surface area (Å²) in [6, 6.07) is 0. The van der Waals surface area contributed by atoms with Crippen LogP contribution in [-0.2, 0) is 0 Å². The van der Waals surface area contributed by atoms with Gasteiger partial charge in [-0.25, -0.2) is 0 Å². The van der Waals surface area contributed by atoms with Crippen LogP contribution in [0.1, 0.15) is 19.3 Å². The Morgan fingerprint density at radius 2 is 2.56 bits per heavy atom. The maximum absolute atomic E-state index is 3.49. The highest BCUT2D eigenvalue weighted by atomic mass is 31.0. The summed E-state index contributed by atoms with van der Waals surface area (Å²) in [4.78, 5) is 0. The Morgan fingerprint density at radius 3 is 2.78 bits per heavy atom. The number of allylic oxidation sites excluding steroid dienone is 2. The van der Waals surface area contributed by atoms with Crippen LogP contribution in [0, 0.1) is 11.3 Å². The first kappa shape index (κ1) is 5.68. The van der Waals surface area contributed by atoms with Crippen molar-refractivity contribution in [2.75, 3.05) is 0 Å². The lowest BCUT2D eigenvalue weighted by Gasteiger charge is -2.15. The Bertz CT molecular complexity index is 171. The van der Waals surface area contributed by atoms with Gasteiger partial charge in [-0.3, -0.25) is 0 Å². The van der Waals surface area contributed by atoms with Gasteiger partial charge in [0.1, 0.15) is 0 Å². The molecule has 0 radical (unpaired) electrons. The molecule has 2 bridgehead atoms. The van der Waals surface area contributed by atoms with E-state index in [0.717, 1.165) is 5.92 Å². The third-order valence-electron chi connectivity index (χ3n) is 2.61. The van der Waals surface area contributed by atoms with Gasteiger partial charge < -0.3 is 0 Å². The fourth-order valence-electron chi connectivity index (χ4n) is 1.97. The van der Waals surface area contributed by atoms with Crippen molar-refractivity contribution in [1.29, 1.82) is 0 Å². The first-order valence-corrected chi connectivity index (χ1v) is 4.13. The standard InChI is InChI=1S/C8H11P/c9-6-8-3-1-7(5-8)2-4-8/h1,3,6-7,9H,2,4-5H2. The zero-order valence-electron chi connectivity index (χ0n) is 5.43. The van der Waals surface area contributed by atoms with Crippen molar-refractivity contribution < 1.29 is 0 Å². The van der Waals surface area contributed by atoms with Crippen molar-refractivity contribution in [3.05, 3.63) is 12.2 Å². The molecule has 0 aromatic carbocycles. The summed E-state index contributed by atoms with van der Waals surface area (Å²) in [5.41, 5.74) is 0.460. The molecule has 0 nitrogen and oxygen atoms in total. The molecule has 0 saturated heterocycles. The van der Waals surface area contributed by atoms with E-state index < -0.39 is 0 Å². The monoisotopic (exact) mass is 138 g/mol. The van der Waals surface area contributed by atoms with Crippen LogP contribution < -0.4 is 0 Å². The summed E-state index contributed by atoms with van der Waals surface area (Å²) in [5, 5.41) is 0. The lowest BCUT2D eigenvalue weighted by Crippen LogP contribution is -2.10. The van der Waals surface area contributed by atoms with Crippen LogP contribution in [0.3, 0.4) is 0 Å². The third kappa shape index (κ3) is 0.697. The minimum atomic E-state index is 0.460. The molecule has 0 aliphatic heterocycles. The Hall–Kier alpha value is -0.0900. The molecular formula is C8H11P. The fraction of sp³-hybridized carbons (Fsp3) is 0.625. The molecule has 0 N–H and O–H groups in total. The van der Waals surface area contributed by atoms with Crippen LogP contribution in [-0.4, -0.2) is 5.80 Å². The quantitative estimate of drug-likeness (QED) is 0.385. The van der Waals surface area contributed by atoms with Gasteiger partial charge in [-0.05, 0) is 25.2 Å². The Kier molecular flexibility index (Phi) is 1.07. The lowest BCUT2D eigenvalue weighted by atomic mass is 9.91. The first-order chi connectivity index (χ1) is 4.35. The predicted octanol–water partition coefficient (Wildman–Crippen LogP) is 2.29. The molecule has 2 rings (SSSR count). The van der Waals surface area contributed by atoms with Gasteiger partial charge in [0.05, 0.1) is 0 Å². The molecule has 0 amide bonds. The topological polar surface area (TPSA) is 0 Å². The van der Waals surface area contributed by atoms with Gasteiger partial charge in [0.25, 0.3) is 0 Å². The van der Waals surface area contributed by atoms with Crippen LogP contribution in [0.25, 0.3) is 0 Å². The first-order valence-electron chi connectivity index (χ1n) is 3.56. The molecule has 48 valence electrons. The van der Waals surface area contributed by atoms with Crippen molar-refractivity contribution in [2.24, 2.45) is 11.3 Å². The maximum atomic E-state index is 3.49. The van der Waals surface area contributed by atoms with E-state index in [-0.39, 0.29) is 0 Å². The summed E-state index contributed by atoms with van der Waals surface area (Å²) < 4.78 is 0. The lowest BCUT2D eigenvalue weighted by molar-refractivity contribution is 0.587. The molecule has 9 heavy (non-hydrogen) atoms. The van der Waals surface area contributed by atoms with Crippen LogP contribution in [0.4, 0.5) is 0 Å². The smallest absolute Gasteiger partial charge is 0.0107 e. The minimum absolute atomic E-state index is 0.460. The van der Waals surface area contributed by atoms with E-state index in [2.05, 4.69) is 26.8 Å². The highest BCUT2D eigenvalue weighted by Crippen LogP contribution is 2.47. The largest absolute Gasteiger partial charge is 0.126 e. The second-order valence-electron chi connectivity index (χ2n) is 3.24. The highest BCUT2D eigenvalue weighted by Gasteiger charge is 2.37. The van der Waals surface area contributed by atoms with Gasteiger partial charge in [-0.1, -0.05) is 17.9 Å². The molecule has 2 aliphatic rings. The van der Waals surface area contributed by atoms with Gasteiger partial charge in [0.2, 0.25) is 0 Å². The van der Waals surface area contributed by atoms with Crippen LogP contribution in [0.15, 0.2) is 12.2 Å². The van der Waals surface area contributed by atoms with Crippen molar-refractivity contribution in [3.63, 3.8) is 0 Å². The molecule has 2 unspecified atom stereocenters. The molecule has 0 aromatic rings. The summed E-state index contributed by atoms with van der Waals surface area (Å²) >= 11 is 0. The average molecular weight is 138 g/mol. The van der Waals surface area contributed by atoms with Crippen LogP contribution in [0.5, 0.6) is 0 Å². The van der Waals surface area contributed by atoms with E-state index in [1.54, 1.807) is 0 Å². The van der Waals surface area contributed by atoms with Gasteiger partial charge in [0, 0.05) is 5.41 Å². The summed E-state index contributed by atoms with van der Waals surface area (Å²) in [7, 11) is 3.49. The molecule has 0 spiro atoms. The number of fused-ring (bicyclic) bond motifs is 2. The van der Waals surface area contributed by atoms with E-state index >= 15 is 0 Å². The average Bonchev–Trinajstić information content (AvgIpc) is 2.46. The Labute approximate surface area is 58.2 Å². The van der Waals surface area contributed by atoms with Crippen molar-refractivity contribution in [1.82, 2.24) is 0 Å². The predicted molar refractivity (Wildman–Crippen MR) is 43.3 cm³/mol. The van der Waals surface area contributed by atoms with E-state index in [4.69, 9.17) is 0 Å². The maximum Gasteiger partial charge on any atom is 0.0107 e. The van der Waals surface area contributed by atoms with Gasteiger partial charge in [-0.15, -0.1) is 8.86 Å². The minimum Gasteiger partial charge on any atom is -0.126 e. The Morgan fingerprint density at radius 1 is 1.67 bits per heavy atom. The fourth-order valence-corrected chi connectivity index (χ4v) is 2.33. The molecule has 0 aromatic heterocycles. The van der Waals surface area contributed by atoms with Crippen molar-refractivity contribution >= 4 is 14.7 Å². The second kappa shape index (κ2) is 1.70. The molecule has 2 aliphatic carbocycles. The summed E-state index contributed by atoms with van der Waals surface area (Å²) in [5.74, 6) is 3.08. The SMILES string of the molecule is P=CC12C=CC(CC1)C2. The zero-order chi connectivity index (χ0) is 6.32. The van der Waals surface area contributed by atoms with Crippen LogP contribution in [0.2, 0.25) is 0 Å². The Balaban J connectivity index is 2.33. The molecule has 1 heteroatoms. The number of hydrogen-bond donors (Lipinski definition) is 0. The number of hydrogen-bond acceptors (Lipinski definition) is 0. The van der Waals surface area contributed by atoms with E-state index in [0.29, 0.717) is 5.41 Å². The van der Waals surface area contributed by atoms with Gasteiger partial charge in [0.15, 0.2) is 0 Å². The molecular weight excluding hydrogens is 127 g/mol. The van der Waals surface area contributed by atoms with Gasteiger partial charge >= 0.3 is 0 Å². The van der Waals surface area contributed by atoms with Gasteiger partial charge in [-0.2, -0.15) is 0 Å². The second-order valence-corrected chi connectivity index (χ2v) is 3.53. The molecule has 1 fully saturated rings. The van der Waals surface area contributed by atoms with E-state index in [9.17, 15) is 0 Å². The van der Waals surface area contributed by atoms with E-state index in [1.807, 2.05) is 0 Å². The summed E-state index contributed by atoms with van der Waals surface area (Å²) in [6.07, 6.45) is 8.83. The van der Waals surface area contributed by atoms with Crippen molar-refractivity contribution in [2.45, 2.75) is 19.3 Å². The zero-order valence-corrected chi connectivity index (χ0v) is 6.43. The number of rotatable bonds is 1. The van der Waals surface area contributed by atoms with Crippen molar-refractivity contribution in [3.8, 4) is 0 Å². The molecule has 2 atom stereocenters. The molecule has 0 heterocycles. The highest BCUT2D eigenvalue weighted by molar-refractivity contribution is 7.18. The van der Waals surface area contributed by atoms with E-state index in [1.165, 1.54) is 19.3 Å². The third-order valence-corrected chi connectivity index (χ3v) is 3.19. The normalized spacial score (nSPS) is 46.0.